The van der Waals surface area contributed by atoms with Crippen LogP contribution in [0.2, 0.25) is 0 Å². The van der Waals surface area contributed by atoms with Gasteiger partial charge in [0.2, 0.25) is 0 Å². The van der Waals surface area contributed by atoms with E-state index in [1.54, 1.807) is 0 Å². The molecule has 1 unspecified atom stereocenters. The Morgan fingerprint density at radius 3 is 2.53 bits per heavy atom. The highest BCUT2D eigenvalue weighted by atomic mass is 79.9. The van der Waals surface area contributed by atoms with Crippen LogP contribution in [-0.2, 0) is 9.53 Å². The Balaban J connectivity index is 2.94. The van der Waals surface area contributed by atoms with Crippen molar-refractivity contribution in [3.05, 3.63) is 34.3 Å². The summed E-state index contributed by atoms with van der Waals surface area (Å²) in [5.41, 5.74) is 1.14. The standard InChI is InChI=1S/C15H22BrNO2/c1-4-17(5-2)14(11-15(18)19-6-3)12-8-7-9-13(16)10-12/h7-10,14H,4-6,11H2,1-3H3. The van der Waals surface area contributed by atoms with Crippen molar-refractivity contribution in [1.82, 2.24) is 4.90 Å². The second-order valence-corrected chi connectivity index (χ2v) is 5.22. The minimum atomic E-state index is -0.139. The van der Waals surface area contributed by atoms with Crippen LogP contribution in [0.3, 0.4) is 0 Å². The molecular weight excluding hydrogens is 306 g/mol. The van der Waals surface area contributed by atoms with Crippen molar-refractivity contribution in [3.63, 3.8) is 0 Å². The molecule has 0 spiro atoms. The zero-order valence-electron chi connectivity index (χ0n) is 11.9. The lowest BCUT2D eigenvalue weighted by atomic mass is 10.0. The average Bonchev–Trinajstić information content (AvgIpc) is 2.39. The lowest BCUT2D eigenvalue weighted by molar-refractivity contribution is -0.144. The van der Waals surface area contributed by atoms with Crippen molar-refractivity contribution in [3.8, 4) is 0 Å². The number of halogens is 1. The van der Waals surface area contributed by atoms with Crippen LogP contribution >= 0.6 is 15.9 Å². The van der Waals surface area contributed by atoms with Crippen molar-refractivity contribution in [1.29, 1.82) is 0 Å². The molecule has 0 saturated carbocycles. The van der Waals surface area contributed by atoms with Gasteiger partial charge in [-0.3, -0.25) is 9.69 Å². The summed E-state index contributed by atoms with van der Waals surface area (Å²) in [5, 5.41) is 0. The maximum atomic E-state index is 11.8. The molecule has 3 nitrogen and oxygen atoms in total. The van der Waals surface area contributed by atoms with Gasteiger partial charge in [0.05, 0.1) is 13.0 Å². The van der Waals surface area contributed by atoms with Crippen molar-refractivity contribution in [2.45, 2.75) is 33.2 Å². The van der Waals surface area contributed by atoms with E-state index in [1.807, 2.05) is 19.1 Å². The molecule has 106 valence electrons. The van der Waals surface area contributed by atoms with Gasteiger partial charge in [-0.2, -0.15) is 0 Å². The van der Waals surface area contributed by atoms with Gasteiger partial charge in [0.15, 0.2) is 0 Å². The number of hydrogen-bond acceptors (Lipinski definition) is 3. The number of ether oxygens (including phenoxy) is 1. The second kappa shape index (κ2) is 8.33. The summed E-state index contributed by atoms with van der Waals surface area (Å²) in [6.45, 7) is 8.31. The van der Waals surface area contributed by atoms with Crippen molar-refractivity contribution in [2.75, 3.05) is 19.7 Å². The van der Waals surface area contributed by atoms with Crippen molar-refractivity contribution < 1.29 is 9.53 Å². The summed E-state index contributed by atoms with van der Waals surface area (Å²) < 4.78 is 6.12. The Morgan fingerprint density at radius 1 is 1.32 bits per heavy atom. The molecule has 0 saturated heterocycles. The predicted molar refractivity (Wildman–Crippen MR) is 81.1 cm³/mol. The molecule has 0 aliphatic carbocycles. The van der Waals surface area contributed by atoms with E-state index in [0.29, 0.717) is 13.0 Å². The molecule has 0 N–H and O–H groups in total. The van der Waals surface area contributed by atoms with Crippen LogP contribution in [0, 0.1) is 0 Å². The minimum Gasteiger partial charge on any atom is -0.466 e. The quantitative estimate of drug-likeness (QED) is 0.713. The molecule has 1 rings (SSSR count). The van der Waals surface area contributed by atoms with E-state index in [4.69, 9.17) is 4.74 Å². The molecule has 1 atom stereocenters. The normalized spacial score (nSPS) is 12.5. The summed E-state index contributed by atoms with van der Waals surface area (Å²) in [5.74, 6) is -0.139. The van der Waals surface area contributed by atoms with Crippen molar-refractivity contribution in [2.24, 2.45) is 0 Å². The average molecular weight is 328 g/mol. The molecule has 0 amide bonds. The van der Waals surface area contributed by atoms with Gasteiger partial charge >= 0.3 is 5.97 Å². The van der Waals surface area contributed by atoms with E-state index in [1.165, 1.54) is 0 Å². The number of carbonyl (C=O) groups excluding carboxylic acids is 1. The first-order chi connectivity index (χ1) is 9.12. The molecule has 1 aromatic rings. The fraction of sp³-hybridized carbons (Fsp3) is 0.533. The third-order valence-electron chi connectivity index (χ3n) is 3.15. The topological polar surface area (TPSA) is 29.5 Å². The summed E-state index contributed by atoms with van der Waals surface area (Å²) in [7, 11) is 0. The summed E-state index contributed by atoms with van der Waals surface area (Å²) in [4.78, 5) is 14.1. The third kappa shape index (κ3) is 4.96. The van der Waals surface area contributed by atoms with Crippen LogP contribution in [0.25, 0.3) is 0 Å². The van der Waals surface area contributed by atoms with Crippen molar-refractivity contribution >= 4 is 21.9 Å². The number of nitrogens with zero attached hydrogens (tertiary/aromatic N) is 1. The van der Waals surface area contributed by atoms with Crippen LogP contribution in [0.1, 0.15) is 38.8 Å². The molecule has 0 radical (unpaired) electrons. The third-order valence-corrected chi connectivity index (χ3v) is 3.65. The Bertz CT molecular complexity index is 405. The summed E-state index contributed by atoms with van der Waals surface area (Å²) in [6, 6.07) is 8.20. The highest BCUT2D eigenvalue weighted by Gasteiger charge is 2.22. The second-order valence-electron chi connectivity index (χ2n) is 4.30. The Labute approximate surface area is 124 Å². The molecule has 0 aliphatic rings. The van der Waals surface area contributed by atoms with Crippen LogP contribution in [0.4, 0.5) is 0 Å². The lowest BCUT2D eigenvalue weighted by Gasteiger charge is -2.29. The van der Waals surface area contributed by atoms with Crippen LogP contribution in [0.15, 0.2) is 28.7 Å². The van der Waals surface area contributed by atoms with Gasteiger partial charge in [-0.15, -0.1) is 0 Å². The molecule has 1 aromatic carbocycles. The smallest absolute Gasteiger partial charge is 0.307 e. The molecule has 0 fully saturated rings. The minimum absolute atomic E-state index is 0.0755. The van der Waals surface area contributed by atoms with Gasteiger partial charge in [0, 0.05) is 10.5 Å². The lowest BCUT2D eigenvalue weighted by Crippen LogP contribution is -2.30. The van der Waals surface area contributed by atoms with E-state index in [9.17, 15) is 4.79 Å². The molecule has 0 bridgehead atoms. The van der Waals surface area contributed by atoms with Gasteiger partial charge in [-0.25, -0.2) is 0 Å². The molecule has 0 heterocycles. The van der Waals surface area contributed by atoms with E-state index in [2.05, 4.69) is 46.8 Å². The molecule has 0 aliphatic heterocycles. The number of rotatable bonds is 7. The van der Waals surface area contributed by atoms with Crippen LogP contribution in [0.5, 0.6) is 0 Å². The zero-order chi connectivity index (χ0) is 14.3. The van der Waals surface area contributed by atoms with E-state index in [0.717, 1.165) is 23.1 Å². The first kappa shape index (κ1) is 16.2. The summed E-state index contributed by atoms with van der Waals surface area (Å²) >= 11 is 3.49. The predicted octanol–water partition coefficient (Wildman–Crippen LogP) is 3.79. The van der Waals surface area contributed by atoms with Crippen LogP contribution < -0.4 is 0 Å². The Hall–Kier alpha value is -0.870. The Kier molecular flexibility index (Phi) is 7.10. The number of hydrogen-bond donors (Lipinski definition) is 0. The van der Waals surface area contributed by atoms with E-state index >= 15 is 0 Å². The first-order valence-corrected chi connectivity index (χ1v) is 7.56. The maximum absolute atomic E-state index is 11.8. The SMILES string of the molecule is CCOC(=O)CC(c1cccc(Br)c1)N(CC)CC. The van der Waals surface area contributed by atoms with E-state index in [-0.39, 0.29) is 12.0 Å². The monoisotopic (exact) mass is 327 g/mol. The van der Waals surface area contributed by atoms with Crippen LogP contribution in [-0.4, -0.2) is 30.6 Å². The zero-order valence-corrected chi connectivity index (χ0v) is 13.4. The number of carbonyl (C=O) groups is 1. The first-order valence-electron chi connectivity index (χ1n) is 6.77. The van der Waals surface area contributed by atoms with Gasteiger partial charge in [-0.1, -0.05) is 41.9 Å². The molecule has 19 heavy (non-hydrogen) atoms. The number of benzene rings is 1. The Morgan fingerprint density at radius 2 is 2.00 bits per heavy atom. The van der Waals surface area contributed by atoms with Gasteiger partial charge in [0.25, 0.3) is 0 Å². The molecule has 4 heteroatoms. The molecule has 0 aromatic heterocycles. The fourth-order valence-corrected chi connectivity index (χ4v) is 2.63. The fourth-order valence-electron chi connectivity index (χ4n) is 2.21. The van der Waals surface area contributed by atoms with Gasteiger partial charge in [-0.05, 0) is 37.7 Å². The van der Waals surface area contributed by atoms with E-state index < -0.39 is 0 Å². The highest BCUT2D eigenvalue weighted by molar-refractivity contribution is 9.10. The largest absolute Gasteiger partial charge is 0.466 e. The number of esters is 1. The highest BCUT2D eigenvalue weighted by Crippen LogP contribution is 2.26. The van der Waals surface area contributed by atoms with Gasteiger partial charge < -0.3 is 4.74 Å². The maximum Gasteiger partial charge on any atom is 0.307 e. The van der Waals surface area contributed by atoms with Gasteiger partial charge in [0.1, 0.15) is 0 Å². The molecular formula is C15H22BrNO2. The summed E-state index contributed by atoms with van der Waals surface area (Å²) in [6.07, 6.45) is 0.395.